The summed E-state index contributed by atoms with van der Waals surface area (Å²) < 4.78 is 5.32. The molecule has 0 aliphatic heterocycles. The second kappa shape index (κ2) is 6.04. The lowest BCUT2D eigenvalue weighted by Crippen LogP contribution is -2.29. The number of aryl methyl sites for hydroxylation is 1. The van der Waals surface area contributed by atoms with Crippen molar-refractivity contribution in [2.45, 2.75) is 13.5 Å². The Kier molecular flexibility index (Phi) is 3.91. The van der Waals surface area contributed by atoms with Crippen LogP contribution in [0.4, 0.5) is 0 Å². The maximum absolute atomic E-state index is 12.2. The topological polar surface area (TPSA) is 112 Å². The average molecular weight is 326 g/mol. The highest BCUT2D eigenvalue weighted by Crippen LogP contribution is 2.25. The standard InChI is InChI=1S/C17H14N2O5/c1-9-6-7-11(16(21)19-9)15(20)18-8-12-10-4-2-3-5-13(10)24-14(12)17(22)23/h2-7H,8H2,1H3,(H,18,20)(H,19,21)(H,22,23). The molecule has 24 heavy (non-hydrogen) atoms. The average Bonchev–Trinajstić information content (AvgIpc) is 2.91. The molecule has 3 N–H and O–H groups in total. The molecule has 0 fully saturated rings. The van der Waals surface area contributed by atoms with Crippen molar-refractivity contribution in [3.8, 4) is 0 Å². The maximum Gasteiger partial charge on any atom is 0.372 e. The van der Waals surface area contributed by atoms with Crippen molar-refractivity contribution in [3.05, 3.63) is 69.3 Å². The summed E-state index contributed by atoms with van der Waals surface area (Å²) >= 11 is 0. The predicted octanol–water partition coefficient (Wildman–Crippen LogP) is 2.06. The number of carbonyl (C=O) groups excluding carboxylic acids is 1. The molecule has 2 heterocycles. The Balaban J connectivity index is 1.90. The predicted molar refractivity (Wildman–Crippen MR) is 86.1 cm³/mol. The van der Waals surface area contributed by atoms with Crippen LogP contribution in [0.1, 0.15) is 32.2 Å². The van der Waals surface area contributed by atoms with Crippen LogP contribution < -0.4 is 10.9 Å². The minimum Gasteiger partial charge on any atom is -0.475 e. The number of furan rings is 1. The van der Waals surface area contributed by atoms with Gasteiger partial charge in [-0.05, 0) is 25.1 Å². The van der Waals surface area contributed by atoms with Crippen LogP contribution in [0.5, 0.6) is 0 Å². The highest BCUT2D eigenvalue weighted by molar-refractivity contribution is 5.97. The summed E-state index contributed by atoms with van der Waals surface area (Å²) in [5.74, 6) is -2.03. The lowest BCUT2D eigenvalue weighted by atomic mass is 10.1. The van der Waals surface area contributed by atoms with Crippen molar-refractivity contribution in [1.29, 1.82) is 0 Å². The zero-order valence-corrected chi connectivity index (χ0v) is 12.8. The summed E-state index contributed by atoms with van der Waals surface area (Å²) in [5.41, 5.74) is 0.890. The van der Waals surface area contributed by atoms with Gasteiger partial charge in [-0.2, -0.15) is 0 Å². The van der Waals surface area contributed by atoms with Crippen LogP contribution in [0.25, 0.3) is 11.0 Å². The SMILES string of the molecule is Cc1ccc(C(=O)NCc2c(C(=O)O)oc3ccccc23)c(=O)[nH]1. The van der Waals surface area contributed by atoms with E-state index in [1.165, 1.54) is 6.07 Å². The number of rotatable bonds is 4. The number of carboxylic acid groups (broad SMARTS) is 1. The quantitative estimate of drug-likeness (QED) is 0.679. The number of amides is 1. The monoisotopic (exact) mass is 326 g/mol. The number of pyridine rings is 1. The third-order valence-corrected chi connectivity index (χ3v) is 3.62. The Bertz CT molecular complexity index is 1000. The number of aromatic amines is 1. The third-order valence-electron chi connectivity index (χ3n) is 3.62. The highest BCUT2D eigenvalue weighted by Gasteiger charge is 2.20. The molecule has 0 spiro atoms. The van der Waals surface area contributed by atoms with Crippen LogP contribution in [0.15, 0.2) is 45.6 Å². The molecule has 0 radical (unpaired) electrons. The number of hydrogen-bond acceptors (Lipinski definition) is 4. The van der Waals surface area contributed by atoms with E-state index in [0.717, 1.165) is 0 Å². The van der Waals surface area contributed by atoms with Crippen LogP contribution in [0.2, 0.25) is 0 Å². The Morgan fingerprint density at radius 1 is 1.21 bits per heavy atom. The Hall–Kier alpha value is -3.35. The number of para-hydroxylation sites is 1. The van der Waals surface area contributed by atoms with Gasteiger partial charge >= 0.3 is 5.97 Å². The Morgan fingerprint density at radius 3 is 2.67 bits per heavy atom. The van der Waals surface area contributed by atoms with E-state index < -0.39 is 17.4 Å². The van der Waals surface area contributed by atoms with Crippen LogP contribution in [0, 0.1) is 6.92 Å². The molecule has 7 heteroatoms. The largest absolute Gasteiger partial charge is 0.475 e. The first-order valence-electron chi connectivity index (χ1n) is 7.19. The van der Waals surface area contributed by atoms with E-state index in [1.807, 2.05) is 0 Å². The molecule has 0 aliphatic rings. The minimum absolute atomic E-state index is 0.0368. The van der Waals surface area contributed by atoms with Crippen molar-refractivity contribution in [2.24, 2.45) is 0 Å². The van der Waals surface area contributed by atoms with E-state index in [9.17, 15) is 19.5 Å². The van der Waals surface area contributed by atoms with Gasteiger partial charge in [0, 0.05) is 23.2 Å². The first-order chi connectivity index (χ1) is 11.5. The second-order valence-corrected chi connectivity index (χ2v) is 5.28. The van der Waals surface area contributed by atoms with E-state index in [4.69, 9.17) is 4.42 Å². The van der Waals surface area contributed by atoms with E-state index in [0.29, 0.717) is 22.2 Å². The number of aromatic nitrogens is 1. The lowest BCUT2D eigenvalue weighted by Gasteiger charge is -2.05. The molecule has 2 aromatic heterocycles. The second-order valence-electron chi connectivity index (χ2n) is 5.28. The summed E-state index contributed by atoms with van der Waals surface area (Å²) in [6.07, 6.45) is 0. The lowest BCUT2D eigenvalue weighted by molar-refractivity contribution is 0.0662. The fraction of sp³-hybridized carbons (Fsp3) is 0.118. The van der Waals surface area contributed by atoms with Gasteiger partial charge in [0.2, 0.25) is 5.76 Å². The van der Waals surface area contributed by atoms with E-state index in [1.54, 1.807) is 37.3 Å². The van der Waals surface area contributed by atoms with Gasteiger partial charge in [-0.15, -0.1) is 0 Å². The normalized spacial score (nSPS) is 10.7. The van der Waals surface area contributed by atoms with Crippen molar-refractivity contribution in [1.82, 2.24) is 10.3 Å². The number of hydrogen-bond donors (Lipinski definition) is 3. The minimum atomic E-state index is -1.22. The van der Waals surface area contributed by atoms with Crippen LogP contribution >= 0.6 is 0 Å². The summed E-state index contributed by atoms with van der Waals surface area (Å²) in [5, 5.41) is 12.4. The van der Waals surface area contributed by atoms with Gasteiger partial charge in [-0.25, -0.2) is 4.79 Å². The number of aromatic carboxylic acids is 1. The molecule has 0 unspecified atom stereocenters. The van der Waals surface area contributed by atoms with Crippen molar-refractivity contribution >= 4 is 22.8 Å². The summed E-state index contributed by atoms with van der Waals surface area (Å²) in [6.45, 7) is 1.64. The number of carbonyl (C=O) groups is 2. The fourth-order valence-electron chi connectivity index (χ4n) is 2.46. The first kappa shape index (κ1) is 15.5. The molecule has 122 valence electrons. The molecule has 7 nitrogen and oxygen atoms in total. The number of fused-ring (bicyclic) bond motifs is 1. The van der Waals surface area contributed by atoms with Crippen molar-refractivity contribution in [2.75, 3.05) is 0 Å². The van der Waals surface area contributed by atoms with Gasteiger partial charge in [0.25, 0.3) is 11.5 Å². The molecular weight excluding hydrogens is 312 g/mol. The Morgan fingerprint density at radius 2 is 1.96 bits per heavy atom. The van der Waals surface area contributed by atoms with Crippen molar-refractivity contribution < 1.29 is 19.1 Å². The molecule has 1 amide bonds. The van der Waals surface area contributed by atoms with E-state index in [-0.39, 0.29) is 17.9 Å². The summed E-state index contributed by atoms with van der Waals surface area (Å²) in [7, 11) is 0. The van der Waals surface area contributed by atoms with E-state index >= 15 is 0 Å². The molecule has 0 saturated heterocycles. The summed E-state index contributed by atoms with van der Waals surface area (Å²) in [4.78, 5) is 37.9. The van der Waals surface area contributed by atoms with Gasteiger partial charge in [-0.1, -0.05) is 18.2 Å². The zero-order chi connectivity index (χ0) is 17.3. The maximum atomic E-state index is 12.2. The molecule has 3 rings (SSSR count). The van der Waals surface area contributed by atoms with Gasteiger partial charge in [-0.3, -0.25) is 9.59 Å². The van der Waals surface area contributed by atoms with Gasteiger partial charge in [0.1, 0.15) is 11.1 Å². The molecule has 0 atom stereocenters. The van der Waals surface area contributed by atoms with Crippen molar-refractivity contribution in [3.63, 3.8) is 0 Å². The molecular formula is C17H14N2O5. The number of carboxylic acids is 1. The van der Waals surface area contributed by atoms with Crippen LogP contribution in [-0.4, -0.2) is 22.0 Å². The van der Waals surface area contributed by atoms with Gasteiger partial charge < -0.3 is 19.8 Å². The van der Waals surface area contributed by atoms with E-state index in [2.05, 4.69) is 10.3 Å². The number of nitrogens with one attached hydrogen (secondary N) is 2. The third kappa shape index (κ3) is 2.79. The number of H-pyrrole nitrogens is 1. The first-order valence-corrected chi connectivity index (χ1v) is 7.19. The molecule has 0 saturated carbocycles. The zero-order valence-electron chi connectivity index (χ0n) is 12.8. The highest BCUT2D eigenvalue weighted by atomic mass is 16.4. The van der Waals surface area contributed by atoms with Gasteiger partial charge in [0.15, 0.2) is 0 Å². The van der Waals surface area contributed by atoms with Gasteiger partial charge in [0.05, 0.1) is 0 Å². The smallest absolute Gasteiger partial charge is 0.372 e. The number of benzene rings is 1. The molecule has 0 bridgehead atoms. The molecule has 1 aromatic carbocycles. The molecule has 3 aromatic rings. The fourth-order valence-corrected chi connectivity index (χ4v) is 2.46. The summed E-state index contributed by atoms with van der Waals surface area (Å²) in [6, 6.07) is 9.88. The Labute approximate surface area is 135 Å². The van der Waals surface area contributed by atoms with Crippen LogP contribution in [-0.2, 0) is 6.54 Å². The molecule has 0 aliphatic carbocycles. The van der Waals surface area contributed by atoms with Crippen LogP contribution in [0.3, 0.4) is 0 Å².